The van der Waals surface area contributed by atoms with E-state index in [-0.39, 0.29) is 6.10 Å². The fraction of sp³-hybridized carbons (Fsp3) is 0.833. The molecule has 17 heavy (non-hydrogen) atoms. The number of hydrogen-bond acceptors (Lipinski definition) is 5. The van der Waals surface area contributed by atoms with Crippen LogP contribution in [0.15, 0.2) is 4.52 Å². The van der Waals surface area contributed by atoms with E-state index in [1.807, 2.05) is 6.92 Å². The average Bonchev–Trinajstić information content (AvgIpc) is 2.73. The molecule has 96 valence electrons. The molecule has 0 radical (unpaired) electrons. The highest BCUT2D eigenvalue weighted by Gasteiger charge is 2.34. The number of methoxy groups -OCH3 is 1. The number of rotatable bonds is 3. The fourth-order valence-electron chi connectivity index (χ4n) is 2.28. The van der Waals surface area contributed by atoms with E-state index in [1.54, 1.807) is 7.11 Å². The summed E-state index contributed by atoms with van der Waals surface area (Å²) in [5.74, 6) is 1.15. The Balaban J connectivity index is 2.17. The molecule has 1 saturated carbocycles. The Morgan fingerprint density at radius 3 is 2.53 bits per heavy atom. The molecule has 1 atom stereocenters. The smallest absolute Gasteiger partial charge is 0.246 e. The van der Waals surface area contributed by atoms with Crippen LogP contribution < -0.4 is 5.73 Å². The van der Waals surface area contributed by atoms with Crippen LogP contribution in [0.4, 0.5) is 0 Å². The summed E-state index contributed by atoms with van der Waals surface area (Å²) in [6, 6.07) is 0. The standard InChI is InChI=1S/C12H21N3O2/c1-9(16-2)10-14-11(17-15-10)12(13)7-5-3-4-6-8-12/h9H,3-8,13H2,1-2H3. The first-order valence-electron chi connectivity index (χ1n) is 6.31. The Labute approximate surface area is 102 Å². The van der Waals surface area contributed by atoms with Crippen LogP contribution >= 0.6 is 0 Å². The Morgan fingerprint density at radius 2 is 1.94 bits per heavy atom. The summed E-state index contributed by atoms with van der Waals surface area (Å²) in [5.41, 5.74) is 5.96. The summed E-state index contributed by atoms with van der Waals surface area (Å²) >= 11 is 0. The molecule has 0 aliphatic heterocycles. The van der Waals surface area contributed by atoms with Gasteiger partial charge in [0.1, 0.15) is 6.10 Å². The lowest BCUT2D eigenvalue weighted by atomic mass is 9.91. The minimum absolute atomic E-state index is 0.151. The summed E-state index contributed by atoms with van der Waals surface area (Å²) in [4.78, 5) is 4.39. The van der Waals surface area contributed by atoms with Crippen molar-refractivity contribution in [2.24, 2.45) is 5.73 Å². The van der Waals surface area contributed by atoms with Gasteiger partial charge >= 0.3 is 0 Å². The van der Waals surface area contributed by atoms with Gasteiger partial charge in [-0.1, -0.05) is 30.8 Å². The maximum atomic E-state index is 6.40. The first-order chi connectivity index (χ1) is 8.15. The molecule has 1 fully saturated rings. The monoisotopic (exact) mass is 239 g/mol. The second-order valence-corrected chi connectivity index (χ2v) is 4.91. The topological polar surface area (TPSA) is 74.2 Å². The highest BCUT2D eigenvalue weighted by atomic mass is 16.5. The van der Waals surface area contributed by atoms with Crippen molar-refractivity contribution < 1.29 is 9.26 Å². The fourth-order valence-corrected chi connectivity index (χ4v) is 2.28. The van der Waals surface area contributed by atoms with Gasteiger partial charge in [-0.15, -0.1) is 0 Å². The van der Waals surface area contributed by atoms with Crippen molar-refractivity contribution in [1.29, 1.82) is 0 Å². The molecular weight excluding hydrogens is 218 g/mol. The first-order valence-corrected chi connectivity index (χ1v) is 6.31. The zero-order chi connectivity index (χ0) is 12.3. The van der Waals surface area contributed by atoms with E-state index in [1.165, 1.54) is 12.8 Å². The van der Waals surface area contributed by atoms with Crippen molar-refractivity contribution in [3.63, 3.8) is 0 Å². The van der Waals surface area contributed by atoms with Gasteiger partial charge in [0.15, 0.2) is 5.82 Å². The van der Waals surface area contributed by atoms with E-state index in [0.29, 0.717) is 11.7 Å². The van der Waals surface area contributed by atoms with Crippen molar-refractivity contribution in [2.45, 2.75) is 57.1 Å². The number of nitrogens with zero attached hydrogens (tertiary/aromatic N) is 2. The summed E-state index contributed by atoms with van der Waals surface area (Å²) in [6.45, 7) is 1.89. The maximum Gasteiger partial charge on any atom is 0.246 e. The predicted molar refractivity (Wildman–Crippen MR) is 63.3 cm³/mol. The van der Waals surface area contributed by atoms with E-state index in [0.717, 1.165) is 25.7 Å². The molecule has 1 aromatic rings. The van der Waals surface area contributed by atoms with Gasteiger partial charge in [0.25, 0.3) is 0 Å². The van der Waals surface area contributed by atoms with Gasteiger partial charge in [-0.2, -0.15) is 4.98 Å². The van der Waals surface area contributed by atoms with E-state index in [9.17, 15) is 0 Å². The van der Waals surface area contributed by atoms with Crippen LogP contribution in [0.3, 0.4) is 0 Å². The molecule has 0 bridgehead atoms. The van der Waals surface area contributed by atoms with Gasteiger partial charge < -0.3 is 15.0 Å². The largest absolute Gasteiger partial charge is 0.374 e. The molecule has 5 heteroatoms. The van der Waals surface area contributed by atoms with Crippen molar-refractivity contribution in [2.75, 3.05) is 7.11 Å². The van der Waals surface area contributed by atoms with Crippen LogP contribution in [-0.4, -0.2) is 17.3 Å². The molecule has 0 aromatic carbocycles. The molecule has 1 aromatic heterocycles. The van der Waals surface area contributed by atoms with Crippen molar-refractivity contribution in [3.8, 4) is 0 Å². The van der Waals surface area contributed by atoms with Crippen LogP contribution in [0, 0.1) is 0 Å². The van der Waals surface area contributed by atoms with Crippen LogP contribution in [-0.2, 0) is 10.3 Å². The van der Waals surface area contributed by atoms with Gasteiger partial charge in [-0.25, -0.2) is 0 Å². The quantitative estimate of drug-likeness (QED) is 0.819. The van der Waals surface area contributed by atoms with Gasteiger partial charge in [-0.05, 0) is 19.8 Å². The SMILES string of the molecule is COC(C)c1noc(C2(N)CCCCCC2)n1. The van der Waals surface area contributed by atoms with Crippen molar-refractivity contribution >= 4 is 0 Å². The highest BCUT2D eigenvalue weighted by molar-refractivity contribution is 5.03. The Hall–Kier alpha value is -0.940. The molecule has 0 saturated heterocycles. The summed E-state index contributed by atoms with van der Waals surface area (Å²) in [6.07, 6.45) is 6.46. The normalized spacial score (nSPS) is 22.1. The van der Waals surface area contributed by atoms with Gasteiger partial charge in [0.2, 0.25) is 5.89 Å². The van der Waals surface area contributed by atoms with Crippen LogP contribution in [0.25, 0.3) is 0 Å². The van der Waals surface area contributed by atoms with Crippen LogP contribution in [0.1, 0.15) is 63.3 Å². The van der Waals surface area contributed by atoms with Crippen LogP contribution in [0.2, 0.25) is 0 Å². The molecular formula is C12H21N3O2. The van der Waals surface area contributed by atoms with E-state index in [4.69, 9.17) is 15.0 Å². The van der Waals surface area contributed by atoms with E-state index >= 15 is 0 Å². The maximum absolute atomic E-state index is 6.40. The highest BCUT2D eigenvalue weighted by Crippen LogP contribution is 2.33. The molecule has 1 heterocycles. The minimum atomic E-state index is -0.435. The number of hydrogen-bond donors (Lipinski definition) is 1. The third kappa shape index (κ3) is 2.66. The number of ether oxygens (including phenoxy) is 1. The molecule has 0 spiro atoms. The van der Waals surface area contributed by atoms with Gasteiger partial charge in [-0.3, -0.25) is 0 Å². The second-order valence-electron chi connectivity index (χ2n) is 4.91. The van der Waals surface area contributed by atoms with Crippen molar-refractivity contribution in [3.05, 3.63) is 11.7 Å². The lowest BCUT2D eigenvalue weighted by molar-refractivity contribution is 0.109. The minimum Gasteiger partial charge on any atom is -0.374 e. The Kier molecular flexibility index (Phi) is 3.79. The molecule has 1 aliphatic carbocycles. The summed E-state index contributed by atoms with van der Waals surface area (Å²) < 4.78 is 10.5. The Bertz CT molecular complexity index is 356. The van der Waals surface area contributed by atoms with E-state index in [2.05, 4.69) is 10.1 Å². The Morgan fingerprint density at radius 1 is 1.29 bits per heavy atom. The lowest BCUT2D eigenvalue weighted by Gasteiger charge is -2.22. The summed E-state index contributed by atoms with van der Waals surface area (Å²) in [5, 5.41) is 3.95. The summed E-state index contributed by atoms with van der Waals surface area (Å²) in [7, 11) is 1.63. The zero-order valence-electron chi connectivity index (χ0n) is 10.6. The molecule has 0 amide bonds. The number of nitrogens with two attached hydrogens (primary N) is 1. The van der Waals surface area contributed by atoms with Gasteiger partial charge in [0, 0.05) is 7.11 Å². The van der Waals surface area contributed by atoms with E-state index < -0.39 is 5.54 Å². The first kappa shape index (κ1) is 12.5. The zero-order valence-corrected chi connectivity index (χ0v) is 10.6. The molecule has 1 aliphatic rings. The van der Waals surface area contributed by atoms with Crippen molar-refractivity contribution in [1.82, 2.24) is 10.1 Å². The molecule has 1 unspecified atom stereocenters. The van der Waals surface area contributed by atoms with Crippen LogP contribution in [0.5, 0.6) is 0 Å². The lowest BCUT2D eigenvalue weighted by Crippen LogP contribution is -2.36. The third-order valence-corrected chi connectivity index (χ3v) is 3.58. The average molecular weight is 239 g/mol. The number of aromatic nitrogens is 2. The third-order valence-electron chi connectivity index (χ3n) is 3.58. The second kappa shape index (κ2) is 5.14. The van der Waals surface area contributed by atoms with Gasteiger partial charge in [0.05, 0.1) is 5.54 Å². The molecule has 5 nitrogen and oxygen atoms in total. The predicted octanol–water partition coefficient (Wildman–Crippen LogP) is 2.29. The molecule has 2 N–H and O–H groups in total. The molecule has 2 rings (SSSR count).